The third-order valence-corrected chi connectivity index (χ3v) is 15.1. The zero-order valence-corrected chi connectivity index (χ0v) is 36.2. The molecule has 0 radical (unpaired) electrons. The molecule has 0 saturated carbocycles. The maximum atomic E-state index is 2.47. The molecule has 0 aliphatic rings. The minimum absolute atomic E-state index is 1.15. The van der Waals surface area contributed by atoms with Gasteiger partial charge in [-0.05, 0) is 121 Å². The second-order valence-electron chi connectivity index (χ2n) is 18.4. The van der Waals surface area contributed by atoms with Gasteiger partial charge in [-0.2, -0.15) is 0 Å². The zero-order valence-electron chi connectivity index (χ0n) is 36.2. The molecule has 0 saturated heterocycles. The number of nitrogens with zero attached hydrogens (tertiary/aromatic N) is 3. The van der Waals surface area contributed by atoms with Crippen LogP contribution in [0.3, 0.4) is 0 Å². The molecule has 0 N–H and O–H groups in total. The first-order chi connectivity index (χ1) is 33.2. The van der Waals surface area contributed by atoms with Gasteiger partial charge in [-0.1, -0.05) is 158 Å². The third-order valence-electron chi connectivity index (χ3n) is 15.1. The van der Waals surface area contributed by atoms with Crippen LogP contribution in [0.4, 0.5) is 0 Å². The van der Waals surface area contributed by atoms with Crippen LogP contribution in [0.25, 0.3) is 148 Å². The van der Waals surface area contributed by atoms with Crippen molar-refractivity contribution in [2.45, 2.75) is 0 Å². The van der Waals surface area contributed by atoms with Crippen LogP contribution in [0, 0.1) is 0 Å². The van der Waals surface area contributed by atoms with Crippen LogP contribution in [0.1, 0.15) is 0 Å². The smallest absolute Gasteiger partial charge is 0.0620 e. The lowest BCUT2D eigenvalue weighted by molar-refractivity contribution is 1.18. The predicted molar refractivity (Wildman–Crippen MR) is 284 cm³/mol. The quantitative estimate of drug-likeness (QED) is 0.157. The predicted octanol–water partition coefficient (Wildman–Crippen LogP) is 17.3. The summed E-state index contributed by atoms with van der Waals surface area (Å²) in [6, 6.07) is 83.8. The minimum Gasteiger partial charge on any atom is -0.309 e. The fraction of sp³-hybridized carbons (Fsp3) is 0. The van der Waals surface area contributed by atoms with Crippen molar-refractivity contribution >= 4 is 114 Å². The summed E-state index contributed by atoms with van der Waals surface area (Å²) >= 11 is 0. The van der Waals surface area contributed by atoms with Crippen LogP contribution in [-0.2, 0) is 0 Å². The fourth-order valence-electron chi connectivity index (χ4n) is 12.2. The average molecular weight is 848 g/mol. The number of hydrogen-bond donors (Lipinski definition) is 0. The topological polar surface area (TPSA) is 14.3 Å². The van der Waals surface area contributed by atoms with Gasteiger partial charge in [0, 0.05) is 54.5 Å². The largest absolute Gasteiger partial charge is 0.309 e. The van der Waals surface area contributed by atoms with E-state index in [9.17, 15) is 0 Å². The molecule has 67 heavy (non-hydrogen) atoms. The summed E-state index contributed by atoms with van der Waals surface area (Å²) in [5.74, 6) is 0. The Morgan fingerprint density at radius 2 is 0.701 bits per heavy atom. The van der Waals surface area contributed by atoms with Crippen LogP contribution < -0.4 is 0 Å². The van der Waals surface area contributed by atoms with Gasteiger partial charge in [0.1, 0.15) is 0 Å². The number of para-hydroxylation sites is 4. The normalized spacial score (nSPS) is 12.5. The average Bonchev–Trinajstić information content (AvgIpc) is 4.12. The van der Waals surface area contributed by atoms with E-state index in [0.29, 0.717) is 0 Å². The summed E-state index contributed by atoms with van der Waals surface area (Å²) in [6.45, 7) is 0. The Balaban J connectivity index is 0.817. The standard InChI is InChI=1S/C64H37N3/c1-6-18-58-47(11-1)52-14-8-15-53-50-32-29-45(37-61(50)67(58)64(52)53)66-57-17-5-3-13-49(57)55-36-43(26-34-60(55)66)42-25-33-59-54(35-42)48-12-2-4-16-56(48)65(59)44-27-21-38(22-28-44)46-30-23-41-20-19-39-9-7-10-40-24-31-51(46)63(41)62(39)40/h1-37H. The van der Waals surface area contributed by atoms with E-state index in [0.717, 1.165) is 11.4 Å². The summed E-state index contributed by atoms with van der Waals surface area (Å²) in [7, 11) is 0. The number of rotatable bonds is 4. The molecule has 0 amide bonds. The van der Waals surface area contributed by atoms with Crippen molar-refractivity contribution in [1.82, 2.24) is 13.5 Å². The van der Waals surface area contributed by atoms with Crippen LogP contribution >= 0.6 is 0 Å². The number of fused-ring (bicyclic) bond motifs is 12. The van der Waals surface area contributed by atoms with Crippen molar-refractivity contribution in [1.29, 1.82) is 0 Å². The molecule has 0 atom stereocenters. The molecule has 16 rings (SSSR count). The highest BCUT2D eigenvalue weighted by Gasteiger charge is 2.21. The number of aromatic nitrogens is 3. The van der Waals surface area contributed by atoms with E-state index in [1.54, 1.807) is 0 Å². The van der Waals surface area contributed by atoms with Gasteiger partial charge in [0.15, 0.2) is 0 Å². The van der Waals surface area contributed by atoms with Crippen molar-refractivity contribution in [3.05, 3.63) is 224 Å². The van der Waals surface area contributed by atoms with Crippen molar-refractivity contribution in [2.24, 2.45) is 0 Å². The van der Waals surface area contributed by atoms with Gasteiger partial charge in [0.05, 0.1) is 38.6 Å². The highest BCUT2D eigenvalue weighted by atomic mass is 15.0. The van der Waals surface area contributed by atoms with Gasteiger partial charge >= 0.3 is 0 Å². The van der Waals surface area contributed by atoms with E-state index in [4.69, 9.17) is 0 Å². The first-order valence-corrected chi connectivity index (χ1v) is 23.3. The Morgan fingerprint density at radius 1 is 0.239 bits per heavy atom. The van der Waals surface area contributed by atoms with Gasteiger partial charge in [-0.3, -0.25) is 0 Å². The summed E-state index contributed by atoms with van der Waals surface area (Å²) < 4.78 is 7.35. The Hall–Kier alpha value is -8.92. The van der Waals surface area contributed by atoms with Gasteiger partial charge in [0.2, 0.25) is 0 Å². The highest BCUT2D eigenvalue weighted by molar-refractivity contribution is 6.26. The van der Waals surface area contributed by atoms with E-state index < -0.39 is 0 Å². The van der Waals surface area contributed by atoms with E-state index in [1.807, 2.05) is 0 Å². The second-order valence-corrected chi connectivity index (χ2v) is 18.4. The van der Waals surface area contributed by atoms with Crippen LogP contribution in [0.5, 0.6) is 0 Å². The number of benzene rings is 12. The molecule has 3 nitrogen and oxygen atoms in total. The lowest BCUT2D eigenvalue weighted by atomic mass is 9.90. The third kappa shape index (κ3) is 4.69. The molecule has 0 aliphatic carbocycles. The monoisotopic (exact) mass is 847 g/mol. The van der Waals surface area contributed by atoms with Crippen LogP contribution in [0.2, 0.25) is 0 Å². The first-order valence-electron chi connectivity index (χ1n) is 23.3. The van der Waals surface area contributed by atoms with Crippen molar-refractivity contribution in [3.8, 4) is 33.6 Å². The SMILES string of the molecule is c1cc2ccc3ccc(-c4ccc(-n5c6ccccc6c6cc(-c7ccc8c(c7)c7ccccc7n8-c7ccc8c9cccc%10c%11ccccc%11n(c8c7)c%109)ccc65)cc4)c4ccc(c1)c2c34. The molecule has 4 heterocycles. The molecule has 0 unspecified atom stereocenters. The molecular weight excluding hydrogens is 811 g/mol. The maximum absolute atomic E-state index is 2.47. The van der Waals surface area contributed by atoms with E-state index in [1.165, 1.54) is 136 Å². The van der Waals surface area contributed by atoms with Crippen molar-refractivity contribution in [3.63, 3.8) is 0 Å². The molecule has 0 fully saturated rings. The fourth-order valence-corrected chi connectivity index (χ4v) is 12.2. The van der Waals surface area contributed by atoms with E-state index >= 15 is 0 Å². The Kier molecular flexibility index (Phi) is 6.81. The van der Waals surface area contributed by atoms with Crippen LogP contribution in [-0.4, -0.2) is 13.5 Å². The van der Waals surface area contributed by atoms with Crippen LogP contribution in [0.15, 0.2) is 224 Å². The summed E-state index contributed by atoms with van der Waals surface area (Å²) in [6.07, 6.45) is 0. The number of hydrogen-bond acceptors (Lipinski definition) is 0. The lowest BCUT2D eigenvalue weighted by Crippen LogP contribution is -1.94. The van der Waals surface area contributed by atoms with Gasteiger partial charge < -0.3 is 13.5 Å². The summed E-state index contributed by atoms with van der Waals surface area (Å²) in [5, 5.41) is 18.1. The highest BCUT2D eigenvalue weighted by Crippen LogP contribution is 2.43. The molecule has 0 spiro atoms. The molecule has 16 aromatic rings. The van der Waals surface area contributed by atoms with Gasteiger partial charge in [-0.15, -0.1) is 0 Å². The maximum Gasteiger partial charge on any atom is 0.0620 e. The van der Waals surface area contributed by atoms with Gasteiger partial charge in [-0.25, -0.2) is 0 Å². The molecule has 4 aromatic heterocycles. The first kappa shape index (κ1) is 35.4. The second kappa shape index (κ2) is 12.9. The minimum atomic E-state index is 1.15. The van der Waals surface area contributed by atoms with Crippen molar-refractivity contribution in [2.75, 3.05) is 0 Å². The Bertz CT molecular complexity index is 4720. The molecule has 12 aromatic carbocycles. The molecule has 0 aliphatic heterocycles. The van der Waals surface area contributed by atoms with Gasteiger partial charge in [0.25, 0.3) is 0 Å². The molecular formula is C64H37N3. The Morgan fingerprint density at radius 3 is 1.37 bits per heavy atom. The summed E-state index contributed by atoms with van der Waals surface area (Å²) in [5.41, 5.74) is 15.8. The van der Waals surface area contributed by atoms with E-state index in [2.05, 4.69) is 238 Å². The summed E-state index contributed by atoms with van der Waals surface area (Å²) in [4.78, 5) is 0. The van der Waals surface area contributed by atoms with E-state index in [-0.39, 0.29) is 0 Å². The lowest BCUT2D eigenvalue weighted by Gasteiger charge is -2.15. The molecule has 3 heteroatoms. The Labute approximate surface area is 383 Å². The molecule has 0 bridgehead atoms. The van der Waals surface area contributed by atoms with Crippen molar-refractivity contribution < 1.29 is 0 Å². The zero-order chi connectivity index (χ0) is 43.5. The molecule has 308 valence electrons.